The highest BCUT2D eigenvalue weighted by Crippen LogP contribution is 2.25. The molecule has 2 aromatic heterocycles. The van der Waals surface area contributed by atoms with Crippen LogP contribution in [0.3, 0.4) is 0 Å². The number of halogens is 6. The number of aliphatic hydroxyl groups is 2. The van der Waals surface area contributed by atoms with Crippen LogP contribution in [-0.4, -0.2) is 70.5 Å². The van der Waals surface area contributed by atoms with Crippen molar-refractivity contribution in [1.29, 1.82) is 0 Å². The van der Waals surface area contributed by atoms with Crippen LogP contribution in [0.1, 0.15) is 0 Å². The van der Waals surface area contributed by atoms with E-state index in [0.717, 1.165) is 12.1 Å². The lowest BCUT2D eigenvalue weighted by molar-refractivity contribution is -0.277. The van der Waals surface area contributed by atoms with Crippen molar-refractivity contribution < 1.29 is 55.5 Å². The van der Waals surface area contributed by atoms with Crippen molar-refractivity contribution in [2.75, 3.05) is 18.5 Å². The first-order chi connectivity index (χ1) is 15.4. The summed E-state index contributed by atoms with van der Waals surface area (Å²) in [5, 5.41) is 23.3. The molecule has 1 saturated heterocycles. The lowest BCUT2D eigenvalue weighted by atomic mass is 9.98. The van der Waals surface area contributed by atoms with Crippen molar-refractivity contribution in [2.24, 2.45) is 0 Å². The van der Waals surface area contributed by atoms with E-state index in [1.54, 1.807) is 0 Å². The predicted octanol–water partition coefficient (Wildman–Crippen LogP) is 2.25. The van der Waals surface area contributed by atoms with Gasteiger partial charge in [-0.05, 0) is 6.07 Å². The third-order valence-electron chi connectivity index (χ3n) is 4.22. The molecule has 1 aliphatic heterocycles. The minimum atomic E-state index is -4.94. The number of hydrogen-bond acceptors (Lipinski definition) is 9. The van der Waals surface area contributed by atoms with Gasteiger partial charge in [0, 0.05) is 18.2 Å². The minimum Gasteiger partial charge on any atom is -0.475 e. The van der Waals surface area contributed by atoms with E-state index in [-0.39, 0.29) is 24.9 Å². The van der Waals surface area contributed by atoms with Gasteiger partial charge >= 0.3 is 12.7 Å². The van der Waals surface area contributed by atoms with Crippen molar-refractivity contribution in [1.82, 2.24) is 9.97 Å². The Morgan fingerprint density at radius 1 is 0.879 bits per heavy atom. The van der Waals surface area contributed by atoms with E-state index in [4.69, 9.17) is 9.47 Å². The first-order valence-electron chi connectivity index (χ1n) is 9.22. The molecule has 0 spiro atoms. The van der Waals surface area contributed by atoms with Gasteiger partial charge in [0.05, 0.1) is 12.6 Å². The molecule has 15 heteroatoms. The largest absolute Gasteiger partial charge is 0.574 e. The molecule has 2 aromatic rings. The summed E-state index contributed by atoms with van der Waals surface area (Å²) < 4.78 is 91.9. The summed E-state index contributed by atoms with van der Waals surface area (Å²) >= 11 is 0. The molecule has 1 aliphatic rings. The van der Waals surface area contributed by atoms with Crippen molar-refractivity contribution in [3.05, 3.63) is 36.4 Å². The van der Waals surface area contributed by atoms with E-state index < -0.39 is 48.8 Å². The summed E-state index contributed by atoms with van der Waals surface area (Å²) in [6.45, 7) is -0.580. The molecule has 3 heterocycles. The third-order valence-corrected chi connectivity index (χ3v) is 4.22. The van der Waals surface area contributed by atoms with Crippen LogP contribution in [0.5, 0.6) is 17.6 Å². The molecule has 0 amide bonds. The Bertz CT molecular complexity index is 929. The van der Waals surface area contributed by atoms with Gasteiger partial charge in [-0.2, -0.15) is 9.97 Å². The first-order valence-corrected chi connectivity index (χ1v) is 9.22. The summed E-state index contributed by atoms with van der Waals surface area (Å²) in [5.74, 6) is -1.79. The van der Waals surface area contributed by atoms with Crippen molar-refractivity contribution in [3.63, 3.8) is 0 Å². The Kier molecular flexibility index (Phi) is 7.34. The van der Waals surface area contributed by atoms with E-state index in [1.807, 2.05) is 0 Å². The molecule has 1 fully saturated rings. The lowest BCUT2D eigenvalue weighted by Gasteiger charge is -2.37. The number of aromatic nitrogens is 2. The zero-order valence-electron chi connectivity index (χ0n) is 16.4. The Balaban J connectivity index is 1.55. The van der Waals surface area contributed by atoms with Gasteiger partial charge in [0.1, 0.15) is 30.7 Å². The Labute approximate surface area is 181 Å². The number of pyridine rings is 2. The average Bonchev–Trinajstić information content (AvgIpc) is 2.69. The van der Waals surface area contributed by atoms with Gasteiger partial charge in [-0.25, -0.2) is 0 Å². The summed E-state index contributed by atoms with van der Waals surface area (Å²) in [6.07, 6.45) is -13.9. The number of rotatable bonds is 7. The number of anilines is 1. The maximum atomic E-state index is 12.3. The van der Waals surface area contributed by atoms with Crippen LogP contribution in [0.25, 0.3) is 0 Å². The van der Waals surface area contributed by atoms with Crippen LogP contribution < -0.4 is 19.5 Å². The number of hydrogen-bond donors (Lipinski definition) is 3. The van der Waals surface area contributed by atoms with Gasteiger partial charge in [-0.3, -0.25) is 0 Å². The third kappa shape index (κ3) is 7.50. The van der Waals surface area contributed by atoms with Gasteiger partial charge in [-0.15, -0.1) is 26.3 Å². The molecular formula is C18H17F6N3O6. The van der Waals surface area contributed by atoms with E-state index in [0.29, 0.717) is 0 Å². The maximum absolute atomic E-state index is 12.3. The van der Waals surface area contributed by atoms with Crippen LogP contribution >= 0.6 is 0 Å². The van der Waals surface area contributed by atoms with Gasteiger partial charge in [0.25, 0.3) is 0 Å². The van der Waals surface area contributed by atoms with Gasteiger partial charge in [-0.1, -0.05) is 12.1 Å². The molecule has 182 valence electrons. The van der Waals surface area contributed by atoms with E-state index in [9.17, 15) is 36.6 Å². The number of aliphatic hydroxyl groups excluding tert-OH is 2. The Morgan fingerprint density at radius 3 is 2.09 bits per heavy atom. The highest BCUT2D eigenvalue weighted by molar-refractivity contribution is 5.39. The topological polar surface area (TPSA) is 115 Å². The molecule has 3 rings (SSSR count). The fourth-order valence-electron chi connectivity index (χ4n) is 2.84. The fourth-order valence-corrected chi connectivity index (χ4v) is 2.84. The molecule has 0 unspecified atom stereocenters. The quantitative estimate of drug-likeness (QED) is 0.508. The summed E-state index contributed by atoms with van der Waals surface area (Å²) in [4.78, 5) is 7.13. The van der Waals surface area contributed by atoms with Gasteiger partial charge in [0.2, 0.25) is 17.6 Å². The molecule has 9 nitrogen and oxygen atoms in total. The predicted molar refractivity (Wildman–Crippen MR) is 96.5 cm³/mol. The average molecular weight is 485 g/mol. The molecule has 0 aliphatic carbocycles. The molecule has 3 N–H and O–H groups in total. The molecule has 4 atom stereocenters. The maximum Gasteiger partial charge on any atom is 0.574 e. The first kappa shape index (κ1) is 24.6. The Morgan fingerprint density at radius 2 is 1.45 bits per heavy atom. The summed E-state index contributed by atoms with van der Waals surface area (Å²) in [7, 11) is 0. The van der Waals surface area contributed by atoms with Gasteiger partial charge in [0.15, 0.2) is 0 Å². The molecule has 0 aromatic carbocycles. The highest BCUT2D eigenvalue weighted by atomic mass is 19.4. The highest BCUT2D eigenvalue weighted by Gasteiger charge is 2.39. The standard InChI is InChI=1S/C18H17F6N3O6/c19-17(20,21)32-13-5-1-3-11(26-13)25-9-7-30-10(16(29)15(9)28)8-31-12-4-2-6-14(27-12)33-18(22,23)24/h1-6,9-10,15-16,28-29H,7-8H2,(H,25,26)/t9-,10+,15+,16-/m0/s1. The lowest BCUT2D eigenvalue weighted by Crippen LogP contribution is -2.57. The molecule has 0 bridgehead atoms. The van der Waals surface area contributed by atoms with E-state index in [2.05, 4.69) is 24.8 Å². The molecule has 0 radical (unpaired) electrons. The molecular weight excluding hydrogens is 468 g/mol. The SMILES string of the molecule is O[C@@H]1[C@H](O)[C@@H](Nc2cccc(OC(F)(F)F)n2)CO[C@@H]1COc1cccc(OC(F)(F)F)n1. The van der Waals surface area contributed by atoms with E-state index >= 15 is 0 Å². The van der Waals surface area contributed by atoms with Crippen LogP contribution in [0, 0.1) is 0 Å². The molecule has 33 heavy (non-hydrogen) atoms. The second-order valence-electron chi connectivity index (χ2n) is 6.69. The van der Waals surface area contributed by atoms with Crippen molar-refractivity contribution >= 4 is 5.82 Å². The van der Waals surface area contributed by atoms with Crippen molar-refractivity contribution in [2.45, 2.75) is 37.1 Å². The normalized spacial score (nSPS) is 23.6. The van der Waals surface area contributed by atoms with Gasteiger partial charge < -0.3 is 34.5 Å². The van der Waals surface area contributed by atoms with Crippen LogP contribution in [0.15, 0.2) is 36.4 Å². The number of alkyl halides is 6. The Hall–Kier alpha value is -3.04. The molecule has 0 saturated carbocycles. The van der Waals surface area contributed by atoms with Crippen LogP contribution in [0.2, 0.25) is 0 Å². The van der Waals surface area contributed by atoms with E-state index in [1.165, 1.54) is 24.3 Å². The zero-order valence-corrected chi connectivity index (χ0v) is 16.4. The fraction of sp³-hybridized carbons (Fsp3) is 0.444. The second kappa shape index (κ2) is 9.84. The van der Waals surface area contributed by atoms with Crippen LogP contribution in [0.4, 0.5) is 32.2 Å². The zero-order chi connectivity index (χ0) is 24.2. The summed E-state index contributed by atoms with van der Waals surface area (Å²) in [5.41, 5.74) is 0. The number of nitrogens with one attached hydrogen (secondary N) is 1. The second-order valence-corrected chi connectivity index (χ2v) is 6.69. The number of ether oxygens (including phenoxy) is 4. The van der Waals surface area contributed by atoms with Crippen molar-refractivity contribution in [3.8, 4) is 17.6 Å². The smallest absolute Gasteiger partial charge is 0.475 e. The van der Waals surface area contributed by atoms with Crippen LogP contribution in [-0.2, 0) is 4.74 Å². The summed E-state index contributed by atoms with van der Waals surface area (Å²) in [6, 6.07) is 6.02. The minimum absolute atomic E-state index is 0.0722. The monoisotopic (exact) mass is 485 g/mol. The number of nitrogens with zero attached hydrogens (tertiary/aromatic N) is 2.